The number of carbonyl (C=O) groups is 3. The Morgan fingerprint density at radius 3 is 2.83 bits per heavy atom. The predicted octanol–water partition coefficient (Wildman–Crippen LogP) is 2.83. The van der Waals surface area contributed by atoms with E-state index in [-0.39, 0.29) is 24.2 Å². The number of carboxylic acid groups (broad SMARTS) is 1. The Morgan fingerprint density at radius 1 is 1.48 bits per heavy atom. The summed E-state index contributed by atoms with van der Waals surface area (Å²) in [6.45, 7) is 1.72. The van der Waals surface area contributed by atoms with E-state index in [1.807, 2.05) is 5.38 Å². The number of thiophene rings is 1. The zero-order valence-electron chi connectivity index (χ0n) is 12.3. The van der Waals surface area contributed by atoms with Gasteiger partial charge in [-0.25, -0.2) is 0 Å². The summed E-state index contributed by atoms with van der Waals surface area (Å²) in [4.78, 5) is 37.4. The second-order valence-corrected chi connectivity index (χ2v) is 6.85. The van der Waals surface area contributed by atoms with Crippen LogP contribution in [0.4, 0.5) is 0 Å². The van der Waals surface area contributed by atoms with Crippen molar-refractivity contribution in [2.24, 2.45) is 0 Å². The van der Waals surface area contributed by atoms with Gasteiger partial charge in [-0.15, -0.1) is 11.6 Å². The van der Waals surface area contributed by atoms with Crippen molar-refractivity contribution in [1.82, 2.24) is 4.90 Å². The van der Waals surface area contributed by atoms with Crippen molar-refractivity contribution in [3.05, 3.63) is 45.3 Å². The first-order valence-corrected chi connectivity index (χ1v) is 8.45. The molecule has 0 spiro atoms. The zero-order chi connectivity index (χ0) is 16.7. The van der Waals surface area contributed by atoms with Gasteiger partial charge >= 0.3 is 5.97 Å². The molecule has 0 radical (unpaired) electrons. The van der Waals surface area contributed by atoms with E-state index in [4.69, 9.17) is 16.7 Å². The molecule has 2 heterocycles. The molecular formula is C16H14ClNO4S. The van der Waals surface area contributed by atoms with Gasteiger partial charge in [0, 0.05) is 11.1 Å². The van der Waals surface area contributed by atoms with Crippen LogP contribution in [-0.4, -0.2) is 39.1 Å². The highest BCUT2D eigenvalue weighted by atomic mass is 35.5. The van der Waals surface area contributed by atoms with Crippen molar-refractivity contribution in [2.75, 3.05) is 0 Å². The van der Waals surface area contributed by atoms with Crippen LogP contribution >= 0.6 is 22.9 Å². The van der Waals surface area contributed by atoms with Crippen molar-refractivity contribution in [1.29, 1.82) is 0 Å². The Hall–Kier alpha value is -1.92. The monoisotopic (exact) mass is 351 g/mol. The number of amides is 1. The Balaban J connectivity index is 2.06. The third kappa shape index (κ3) is 2.72. The molecule has 1 aliphatic heterocycles. The van der Waals surface area contributed by atoms with Crippen LogP contribution in [-0.2, 0) is 9.59 Å². The average molecular weight is 352 g/mol. The lowest BCUT2D eigenvalue weighted by Gasteiger charge is -2.30. The minimum absolute atomic E-state index is 0.196. The third-order valence-corrected chi connectivity index (χ3v) is 5.25. The number of fused-ring (bicyclic) bond motifs is 1. The van der Waals surface area contributed by atoms with Gasteiger partial charge in [-0.2, -0.15) is 11.3 Å². The summed E-state index contributed by atoms with van der Waals surface area (Å²) in [7, 11) is 0. The minimum Gasteiger partial charge on any atom is -0.481 e. The Morgan fingerprint density at radius 2 is 2.22 bits per heavy atom. The molecular weight excluding hydrogens is 338 g/mol. The number of carbonyl (C=O) groups excluding carboxylic acids is 2. The topological polar surface area (TPSA) is 74.7 Å². The van der Waals surface area contributed by atoms with Gasteiger partial charge in [0.15, 0.2) is 5.78 Å². The van der Waals surface area contributed by atoms with Crippen molar-refractivity contribution >= 4 is 40.6 Å². The van der Waals surface area contributed by atoms with Crippen LogP contribution in [0.15, 0.2) is 39.7 Å². The maximum absolute atomic E-state index is 12.8. The van der Waals surface area contributed by atoms with Gasteiger partial charge in [0.05, 0.1) is 23.4 Å². The number of hydrogen-bond acceptors (Lipinski definition) is 4. The van der Waals surface area contributed by atoms with E-state index in [9.17, 15) is 14.4 Å². The number of halogens is 1. The molecule has 1 N–H and O–H groups in total. The molecule has 1 amide bonds. The molecule has 7 heteroatoms. The van der Waals surface area contributed by atoms with Crippen molar-refractivity contribution in [3.63, 3.8) is 0 Å². The molecule has 1 aromatic rings. The fourth-order valence-corrected chi connectivity index (χ4v) is 3.96. The summed E-state index contributed by atoms with van der Waals surface area (Å²) >= 11 is 7.48. The fourth-order valence-electron chi connectivity index (χ4n) is 3.10. The Bertz CT molecular complexity index is 750. The molecule has 3 rings (SSSR count). The lowest BCUT2D eigenvalue weighted by atomic mass is 9.89. The minimum atomic E-state index is -0.996. The van der Waals surface area contributed by atoms with E-state index in [0.717, 1.165) is 0 Å². The van der Waals surface area contributed by atoms with Gasteiger partial charge < -0.3 is 10.0 Å². The molecule has 2 aliphatic rings. The number of hydrogen-bond donors (Lipinski definition) is 1. The molecule has 0 saturated carbocycles. The molecule has 23 heavy (non-hydrogen) atoms. The summed E-state index contributed by atoms with van der Waals surface area (Å²) in [5.74, 6) is -1.43. The fraction of sp³-hybridized carbons (Fsp3) is 0.312. The van der Waals surface area contributed by atoms with E-state index in [1.165, 1.54) is 17.4 Å². The first-order chi connectivity index (χ1) is 10.9. The number of carboxylic acids is 1. The predicted molar refractivity (Wildman–Crippen MR) is 86.6 cm³/mol. The van der Waals surface area contributed by atoms with E-state index < -0.39 is 11.3 Å². The van der Waals surface area contributed by atoms with Gasteiger partial charge in [-0.3, -0.25) is 14.4 Å². The molecule has 1 aromatic heterocycles. The summed E-state index contributed by atoms with van der Waals surface area (Å²) in [5, 5.41) is 12.0. The molecule has 2 unspecified atom stereocenters. The SMILES string of the molecule is CC1=C(CC(=O)O)C2=CC(=O)C(Cl)CC2N1C(=O)c1ccsc1. The van der Waals surface area contributed by atoms with Crippen LogP contribution in [0.25, 0.3) is 0 Å². The molecule has 2 atom stereocenters. The largest absolute Gasteiger partial charge is 0.481 e. The third-order valence-electron chi connectivity index (χ3n) is 4.17. The first kappa shape index (κ1) is 16.0. The highest BCUT2D eigenvalue weighted by Crippen LogP contribution is 2.41. The molecule has 0 saturated heterocycles. The van der Waals surface area contributed by atoms with Crippen molar-refractivity contribution in [2.45, 2.75) is 31.2 Å². The molecule has 1 aliphatic carbocycles. The summed E-state index contributed by atoms with van der Waals surface area (Å²) < 4.78 is 0. The molecule has 0 bridgehead atoms. The Kier molecular flexibility index (Phi) is 4.12. The van der Waals surface area contributed by atoms with Crippen LogP contribution in [0, 0.1) is 0 Å². The molecule has 0 aromatic carbocycles. The zero-order valence-corrected chi connectivity index (χ0v) is 13.9. The highest BCUT2D eigenvalue weighted by molar-refractivity contribution is 7.08. The number of nitrogens with zero attached hydrogens (tertiary/aromatic N) is 1. The van der Waals surface area contributed by atoms with E-state index in [1.54, 1.807) is 23.3 Å². The number of allylic oxidation sites excluding steroid dienone is 2. The summed E-state index contributed by atoms with van der Waals surface area (Å²) in [5.41, 5.74) is 2.27. The highest BCUT2D eigenvalue weighted by Gasteiger charge is 2.43. The van der Waals surface area contributed by atoms with Gasteiger partial charge in [-0.05, 0) is 42.0 Å². The van der Waals surface area contributed by atoms with Crippen molar-refractivity contribution < 1.29 is 19.5 Å². The molecule has 120 valence electrons. The number of aliphatic carboxylic acids is 1. The van der Waals surface area contributed by atoms with E-state index >= 15 is 0 Å². The first-order valence-electron chi connectivity index (χ1n) is 7.07. The smallest absolute Gasteiger partial charge is 0.307 e. The van der Waals surface area contributed by atoms with Gasteiger partial charge in [0.1, 0.15) is 0 Å². The van der Waals surface area contributed by atoms with E-state index in [0.29, 0.717) is 28.8 Å². The lowest BCUT2D eigenvalue weighted by Crippen LogP contribution is -2.40. The average Bonchev–Trinajstić information content (AvgIpc) is 3.09. The normalized spacial score (nSPS) is 23.8. The van der Waals surface area contributed by atoms with E-state index in [2.05, 4.69) is 0 Å². The van der Waals surface area contributed by atoms with Crippen LogP contribution in [0.3, 0.4) is 0 Å². The van der Waals surface area contributed by atoms with Crippen LogP contribution < -0.4 is 0 Å². The van der Waals surface area contributed by atoms with Gasteiger partial charge in [-0.1, -0.05) is 0 Å². The second-order valence-electron chi connectivity index (χ2n) is 5.54. The summed E-state index contributed by atoms with van der Waals surface area (Å²) in [6, 6.07) is 1.35. The van der Waals surface area contributed by atoms with Crippen LogP contribution in [0.2, 0.25) is 0 Å². The maximum atomic E-state index is 12.8. The van der Waals surface area contributed by atoms with Crippen LogP contribution in [0.5, 0.6) is 0 Å². The second kappa shape index (κ2) is 5.94. The number of rotatable bonds is 3. The number of alkyl halides is 1. The number of ketones is 1. The molecule has 0 fully saturated rings. The maximum Gasteiger partial charge on any atom is 0.307 e. The summed E-state index contributed by atoms with van der Waals surface area (Å²) in [6.07, 6.45) is 1.47. The molecule has 5 nitrogen and oxygen atoms in total. The van der Waals surface area contributed by atoms with Crippen LogP contribution in [0.1, 0.15) is 30.1 Å². The van der Waals surface area contributed by atoms with Gasteiger partial charge in [0.25, 0.3) is 5.91 Å². The lowest BCUT2D eigenvalue weighted by molar-refractivity contribution is -0.136. The van der Waals surface area contributed by atoms with Gasteiger partial charge in [0.2, 0.25) is 0 Å². The van der Waals surface area contributed by atoms with Crippen molar-refractivity contribution in [3.8, 4) is 0 Å². The quantitative estimate of drug-likeness (QED) is 0.850. The Labute approximate surface area is 141 Å². The standard InChI is InChI=1S/C16H14ClNO4S/c1-8-10(5-15(20)21)11-4-14(19)12(17)6-13(11)18(8)16(22)9-2-3-23-7-9/h2-4,7,12-13H,5-6H2,1H3,(H,20,21).